The van der Waals surface area contributed by atoms with Gasteiger partial charge < -0.3 is 5.73 Å². The fourth-order valence-corrected chi connectivity index (χ4v) is 2.78. The number of aryl methyl sites for hydroxylation is 1. The summed E-state index contributed by atoms with van der Waals surface area (Å²) in [5.74, 6) is -0.130. The molecule has 8 nitrogen and oxygen atoms in total. The van der Waals surface area contributed by atoms with Crippen LogP contribution < -0.4 is 5.73 Å². The molecule has 102 valence electrons. The summed E-state index contributed by atoms with van der Waals surface area (Å²) < 4.78 is 26.7. The molecule has 0 aliphatic heterocycles. The van der Waals surface area contributed by atoms with Crippen LogP contribution in [0, 0.1) is 22.7 Å². The van der Waals surface area contributed by atoms with Gasteiger partial charge in [0.15, 0.2) is 5.82 Å². The van der Waals surface area contributed by atoms with Gasteiger partial charge in [0, 0.05) is 12.7 Å². The molecule has 0 aliphatic carbocycles. The average Bonchev–Trinajstić information content (AvgIpc) is 2.71. The number of hydrogen-bond donors (Lipinski definition) is 1. The summed E-state index contributed by atoms with van der Waals surface area (Å²) in [6, 6.07) is 3.42. The van der Waals surface area contributed by atoms with Crippen molar-refractivity contribution in [3.05, 3.63) is 6.20 Å². The third-order valence-corrected chi connectivity index (χ3v) is 4.13. The Hall–Kier alpha value is -2.10. The monoisotopic (exact) mass is 282 g/mol. The highest BCUT2D eigenvalue weighted by Crippen LogP contribution is 2.20. The number of nitrogens with zero attached hydrogens (tertiary/aromatic N) is 5. The van der Waals surface area contributed by atoms with Crippen LogP contribution in [0.3, 0.4) is 0 Å². The van der Waals surface area contributed by atoms with Crippen molar-refractivity contribution in [3.63, 3.8) is 0 Å². The summed E-state index contributed by atoms with van der Waals surface area (Å²) in [5.41, 5.74) is 5.58. The average molecular weight is 282 g/mol. The molecule has 1 aromatic rings. The van der Waals surface area contributed by atoms with Gasteiger partial charge in [0.2, 0.25) is 10.0 Å². The van der Waals surface area contributed by atoms with E-state index in [1.54, 1.807) is 12.1 Å². The predicted octanol–water partition coefficient (Wildman–Crippen LogP) is -0.0868. The molecule has 19 heavy (non-hydrogen) atoms. The molecule has 2 N–H and O–H groups in total. The topological polar surface area (TPSA) is 129 Å². The zero-order valence-corrected chi connectivity index (χ0v) is 11.3. The largest absolute Gasteiger partial charge is 0.381 e. The molecule has 0 aromatic carbocycles. The van der Waals surface area contributed by atoms with Crippen LogP contribution in [-0.4, -0.2) is 35.6 Å². The molecule has 0 atom stereocenters. The van der Waals surface area contributed by atoms with E-state index >= 15 is 0 Å². The molecular formula is C10H14N6O2S. The van der Waals surface area contributed by atoms with Crippen molar-refractivity contribution in [2.24, 2.45) is 0 Å². The van der Waals surface area contributed by atoms with Crippen molar-refractivity contribution in [3.8, 4) is 12.1 Å². The Morgan fingerprint density at radius 1 is 1.42 bits per heavy atom. The van der Waals surface area contributed by atoms with Gasteiger partial charge in [-0.2, -0.15) is 19.9 Å². The second kappa shape index (κ2) is 6.18. The number of aromatic nitrogens is 2. The van der Waals surface area contributed by atoms with E-state index in [4.69, 9.17) is 16.3 Å². The van der Waals surface area contributed by atoms with E-state index in [1.165, 1.54) is 10.9 Å². The first-order valence-corrected chi connectivity index (χ1v) is 6.98. The van der Waals surface area contributed by atoms with Crippen molar-refractivity contribution in [2.75, 3.05) is 18.8 Å². The Labute approximate surface area is 111 Å². The highest BCUT2D eigenvalue weighted by molar-refractivity contribution is 7.89. The molecule has 1 aromatic heterocycles. The molecule has 0 radical (unpaired) electrons. The van der Waals surface area contributed by atoms with E-state index in [-0.39, 0.29) is 10.7 Å². The standard InChI is InChI=1S/C10H14N6O2S/c1-2-5-15-8-9(10(13)14-15)19(17,18)16(6-3-11)7-4-12/h8H,2,5-7H2,1H3,(H2,13,14). The maximum atomic E-state index is 12.2. The number of rotatable bonds is 6. The maximum absolute atomic E-state index is 12.2. The third kappa shape index (κ3) is 3.22. The van der Waals surface area contributed by atoms with E-state index in [0.29, 0.717) is 6.54 Å². The lowest BCUT2D eigenvalue weighted by atomic mass is 10.5. The second-order valence-corrected chi connectivity index (χ2v) is 5.64. The van der Waals surface area contributed by atoms with Crippen LogP contribution in [0.4, 0.5) is 5.82 Å². The third-order valence-electron chi connectivity index (χ3n) is 2.32. The highest BCUT2D eigenvalue weighted by Gasteiger charge is 2.28. The van der Waals surface area contributed by atoms with Crippen molar-refractivity contribution in [1.29, 1.82) is 10.5 Å². The predicted molar refractivity (Wildman–Crippen MR) is 66.9 cm³/mol. The lowest BCUT2D eigenvalue weighted by Gasteiger charge is -2.14. The van der Waals surface area contributed by atoms with Crippen molar-refractivity contribution >= 4 is 15.8 Å². The SMILES string of the molecule is CCCn1cc(S(=O)(=O)N(CC#N)CC#N)c(N)n1. The van der Waals surface area contributed by atoms with Gasteiger partial charge >= 0.3 is 0 Å². The molecule has 1 heterocycles. The normalized spacial score (nSPS) is 11.2. The van der Waals surface area contributed by atoms with Gasteiger partial charge in [0.1, 0.15) is 18.0 Å². The lowest BCUT2D eigenvalue weighted by Crippen LogP contribution is -2.32. The number of nitrogens with two attached hydrogens (primary N) is 1. The fourth-order valence-electron chi connectivity index (χ4n) is 1.48. The molecule has 0 saturated heterocycles. The number of nitriles is 2. The van der Waals surface area contributed by atoms with Crippen LogP contribution in [0.1, 0.15) is 13.3 Å². The Bertz CT molecular complexity index is 605. The van der Waals surface area contributed by atoms with Gasteiger partial charge in [-0.15, -0.1) is 0 Å². The van der Waals surface area contributed by atoms with Crippen LogP contribution in [0.15, 0.2) is 11.1 Å². The summed E-state index contributed by atoms with van der Waals surface area (Å²) in [6.45, 7) is 1.64. The van der Waals surface area contributed by atoms with E-state index in [0.717, 1.165) is 10.7 Å². The number of anilines is 1. The molecule has 0 saturated carbocycles. The van der Waals surface area contributed by atoms with Gasteiger partial charge in [0.05, 0.1) is 12.1 Å². The zero-order chi connectivity index (χ0) is 14.5. The lowest BCUT2D eigenvalue weighted by molar-refractivity contribution is 0.479. The minimum atomic E-state index is -3.97. The summed E-state index contributed by atoms with van der Waals surface area (Å²) in [6.07, 6.45) is 2.09. The zero-order valence-electron chi connectivity index (χ0n) is 10.4. The molecule has 1 rings (SSSR count). The molecule has 0 fully saturated rings. The molecule has 9 heteroatoms. The van der Waals surface area contributed by atoms with Crippen LogP contribution in [0.25, 0.3) is 0 Å². The Balaban J connectivity index is 3.18. The first-order chi connectivity index (χ1) is 8.97. The Morgan fingerprint density at radius 3 is 2.47 bits per heavy atom. The second-order valence-electron chi connectivity index (χ2n) is 3.73. The van der Waals surface area contributed by atoms with Gasteiger partial charge in [-0.25, -0.2) is 8.42 Å². The number of hydrogen-bond acceptors (Lipinski definition) is 6. The molecule has 0 spiro atoms. The Kier molecular flexibility index (Phi) is 4.87. The summed E-state index contributed by atoms with van der Waals surface area (Å²) >= 11 is 0. The van der Waals surface area contributed by atoms with Crippen molar-refractivity contribution in [1.82, 2.24) is 14.1 Å². The van der Waals surface area contributed by atoms with E-state index in [2.05, 4.69) is 5.10 Å². The highest BCUT2D eigenvalue weighted by atomic mass is 32.2. The summed E-state index contributed by atoms with van der Waals surface area (Å²) in [5, 5.41) is 21.1. The molecule has 0 bridgehead atoms. The summed E-state index contributed by atoms with van der Waals surface area (Å²) in [4.78, 5) is -0.175. The van der Waals surface area contributed by atoms with E-state index in [1.807, 2.05) is 6.92 Å². The van der Waals surface area contributed by atoms with E-state index < -0.39 is 23.1 Å². The number of nitrogen functional groups attached to an aromatic ring is 1. The van der Waals surface area contributed by atoms with Gasteiger partial charge in [-0.05, 0) is 6.42 Å². The minimum Gasteiger partial charge on any atom is -0.381 e. The minimum absolute atomic E-state index is 0.130. The molecule has 0 amide bonds. The van der Waals surface area contributed by atoms with Crippen molar-refractivity contribution in [2.45, 2.75) is 24.8 Å². The molecule has 0 unspecified atom stereocenters. The molecule has 0 aliphatic rings. The first-order valence-electron chi connectivity index (χ1n) is 5.54. The van der Waals surface area contributed by atoms with Gasteiger partial charge in [0.25, 0.3) is 0 Å². The van der Waals surface area contributed by atoms with Crippen LogP contribution >= 0.6 is 0 Å². The summed E-state index contributed by atoms with van der Waals surface area (Å²) in [7, 11) is -3.97. The first kappa shape index (κ1) is 15.0. The van der Waals surface area contributed by atoms with Crippen LogP contribution in [0.2, 0.25) is 0 Å². The van der Waals surface area contributed by atoms with Gasteiger partial charge in [-0.3, -0.25) is 4.68 Å². The van der Waals surface area contributed by atoms with Crippen LogP contribution in [0.5, 0.6) is 0 Å². The molecular weight excluding hydrogens is 268 g/mol. The van der Waals surface area contributed by atoms with Crippen molar-refractivity contribution < 1.29 is 8.42 Å². The smallest absolute Gasteiger partial charge is 0.250 e. The Morgan fingerprint density at radius 2 is 2.00 bits per heavy atom. The van der Waals surface area contributed by atoms with E-state index in [9.17, 15) is 8.42 Å². The fraction of sp³-hybridized carbons (Fsp3) is 0.500. The quantitative estimate of drug-likeness (QED) is 0.726. The number of sulfonamides is 1. The van der Waals surface area contributed by atoms with Gasteiger partial charge in [-0.1, -0.05) is 6.92 Å². The van der Waals surface area contributed by atoms with Crippen LogP contribution in [-0.2, 0) is 16.6 Å². The maximum Gasteiger partial charge on any atom is 0.250 e.